The number of rotatable bonds is 8. The number of nitrogens with one attached hydrogen (secondary N) is 3. The highest BCUT2D eigenvalue weighted by Gasteiger charge is 2.27. The van der Waals surface area contributed by atoms with Crippen LogP contribution in [0.4, 0.5) is 5.69 Å². The smallest absolute Gasteiger partial charge is 0.263 e. The van der Waals surface area contributed by atoms with Gasteiger partial charge in [-0.3, -0.25) is 9.10 Å². The molecule has 3 N–H and O–H groups in total. The predicted molar refractivity (Wildman–Crippen MR) is 119 cm³/mol. The molecule has 3 rings (SSSR count). The number of sulfonamides is 1. The molecule has 0 spiro atoms. The van der Waals surface area contributed by atoms with Gasteiger partial charge in [-0.2, -0.15) is 0 Å². The molecule has 1 amide bonds. The van der Waals surface area contributed by atoms with E-state index in [-0.39, 0.29) is 23.3 Å². The molecular formula is C22H28N4O3S. The molecule has 0 radical (unpaired) electrons. The van der Waals surface area contributed by atoms with E-state index < -0.39 is 10.0 Å². The Kier molecular flexibility index (Phi) is 7.12. The van der Waals surface area contributed by atoms with E-state index >= 15 is 0 Å². The van der Waals surface area contributed by atoms with Gasteiger partial charge in [0, 0.05) is 38.6 Å². The zero-order chi connectivity index (χ0) is 21.6. The van der Waals surface area contributed by atoms with Gasteiger partial charge in [0.2, 0.25) is 5.91 Å². The van der Waals surface area contributed by atoms with E-state index in [4.69, 9.17) is 0 Å². The summed E-state index contributed by atoms with van der Waals surface area (Å²) in [5.74, 6) is -0.393. The summed E-state index contributed by atoms with van der Waals surface area (Å²) in [4.78, 5) is 12.0. The second kappa shape index (κ2) is 9.77. The minimum Gasteiger partial charge on any atom is -0.384 e. The van der Waals surface area contributed by atoms with Crippen molar-refractivity contribution in [1.29, 1.82) is 0 Å². The quantitative estimate of drug-likeness (QED) is 0.561. The predicted octanol–water partition coefficient (Wildman–Crippen LogP) is 2.26. The van der Waals surface area contributed by atoms with Crippen LogP contribution in [0, 0.1) is 5.92 Å². The maximum absolute atomic E-state index is 12.9. The van der Waals surface area contributed by atoms with Crippen molar-refractivity contribution in [1.82, 2.24) is 14.9 Å². The first-order valence-electron chi connectivity index (χ1n) is 9.96. The number of benzene rings is 2. The van der Waals surface area contributed by atoms with Gasteiger partial charge in [0.1, 0.15) is 0 Å². The number of nitrogens with zero attached hydrogens (tertiary/aromatic N) is 1. The van der Waals surface area contributed by atoms with Crippen LogP contribution in [0.2, 0.25) is 0 Å². The Bertz CT molecular complexity index is 986. The van der Waals surface area contributed by atoms with E-state index in [1.165, 1.54) is 10.5 Å². The van der Waals surface area contributed by atoms with Gasteiger partial charge in [-0.05, 0) is 48.9 Å². The summed E-state index contributed by atoms with van der Waals surface area (Å²) >= 11 is 0. The second-order valence-corrected chi connectivity index (χ2v) is 8.99. The molecule has 0 aromatic heterocycles. The van der Waals surface area contributed by atoms with Crippen molar-refractivity contribution in [3.63, 3.8) is 0 Å². The third-order valence-electron chi connectivity index (χ3n) is 5.11. The van der Waals surface area contributed by atoms with Crippen LogP contribution in [-0.2, 0) is 14.8 Å². The fourth-order valence-electron chi connectivity index (χ4n) is 3.31. The van der Waals surface area contributed by atoms with E-state index in [0.717, 1.165) is 29.9 Å². The van der Waals surface area contributed by atoms with Gasteiger partial charge in [-0.1, -0.05) is 30.3 Å². The Morgan fingerprint density at radius 1 is 1.00 bits per heavy atom. The van der Waals surface area contributed by atoms with Gasteiger partial charge in [-0.25, -0.2) is 8.42 Å². The normalized spacial score (nSPS) is 16.3. The number of carbonyl (C=O) groups is 1. The Morgan fingerprint density at radius 2 is 1.63 bits per heavy atom. The second-order valence-electron chi connectivity index (χ2n) is 7.10. The van der Waals surface area contributed by atoms with Crippen molar-refractivity contribution < 1.29 is 13.2 Å². The van der Waals surface area contributed by atoms with Gasteiger partial charge in [0.05, 0.1) is 10.8 Å². The topological polar surface area (TPSA) is 90.5 Å². The molecule has 1 heterocycles. The zero-order valence-electron chi connectivity index (χ0n) is 17.3. The Hall–Kier alpha value is -2.84. The van der Waals surface area contributed by atoms with Crippen LogP contribution in [0.1, 0.15) is 6.42 Å². The van der Waals surface area contributed by atoms with E-state index in [1.807, 2.05) is 43.4 Å². The van der Waals surface area contributed by atoms with Crippen LogP contribution in [0.5, 0.6) is 0 Å². The molecule has 0 fully saturated rings. The Labute approximate surface area is 178 Å². The maximum Gasteiger partial charge on any atom is 0.263 e. The molecule has 7 nitrogen and oxygen atoms in total. The first kappa shape index (κ1) is 21.9. The Morgan fingerprint density at radius 3 is 2.17 bits per heavy atom. The fraction of sp³-hybridized carbons (Fsp3) is 0.318. The fourth-order valence-corrected chi connectivity index (χ4v) is 4.64. The van der Waals surface area contributed by atoms with Crippen molar-refractivity contribution in [2.45, 2.75) is 11.3 Å². The number of likely N-dealkylation sites (N-methyl/N-ethyl adjacent to an activating group) is 1. The first-order valence-corrected chi connectivity index (χ1v) is 11.4. The summed E-state index contributed by atoms with van der Waals surface area (Å²) in [5, 5.41) is 9.01. The van der Waals surface area contributed by atoms with E-state index in [9.17, 15) is 13.2 Å². The lowest BCUT2D eigenvalue weighted by atomic mass is 10.0. The third-order valence-corrected chi connectivity index (χ3v) is 6.90. The molecule has 160 valence electrons. The summed E-state index contributed by atoms with van der Waals surface area (Å²) in [5.41, 5.74) is 3.01. The van der Waals surface area contributed by atoms with Gasteiger partial charge >= 0.3 is 0 Å². The Balaban J connectivity index is 1.70. The van der Waals surface area contributed by atoms with Gasteiger partial charge < -0.3 is 16.0 Å². The highest BCUT2D eigenvalue weighted by molar-refractivity contribution is 7.89. The molecule has 1 atom stereocenters. The molecule has 0 aliphatic carbocycles. The lowest BCUT2D eigenvalue weighted by molar-refractivity contribution is -0.123. The summed E-state index contributed by atoms with van der Waals surface area (Å²) in [6.45, 7) is 2.01. The largest absolute Gasteiger partial charge is 0.384 e. The van der Waals surface area contributed by atoms with Crippen molar-refractivity contribution in [3.05, 3.63) is 60.8 Å². The molecule has 1 aliphatic rings. The molecule has 0 saturated heterocycles. The number of amides is 1. The van der Waals surface area contributed by atoms with E-state index in [2.05, 4.69) is 16.0 Å². The first-order chi connectivity index (χ1) is 14.5. The summed E-state index contributed by atoms with van der Waals surface area (Å²) in [6.07, 6.45) is 3.59. The standard InChI is InChI=1S/C22H28N4O3S/c1-23-13-14-25-20-7-3-17(4-8-20)18-5-9-21(10-6-18)30(28,29)26-15-11-19(12-16-26)22(27)24-2/h3-11,15,19,23,25H,12-14,16H2,1-2H3,(H,24,27). The molecule has 2 aromatic rings. The van der Waals surface area contributed by atoms with Crippen molar-refractivity contribution in [2.24, 2.45) is 5.92 Å². The van der Waals surface area contributed by atoms with Gasteiger partial charge in [0.25, 0.3) is 10.0 Å². The zero-order valence-corrected chi connectivity index (χ0v) is 18.1. The van der Waals surface area contributed by atoms with Crippen LogP contribution >= 0.6 is 0 Å². The van der Waals surface area contributed by atoms with Gasteiger partial charge in [-0.15, -0.1) is 0 Å². The highest BCUT2D eigenvalue weighted by Crippen LogP contribution is 2.26. The molecule has 8 heteroatoms. The molecule has 0 bridgehead atoms. The van der Waals surface area contributed by atoms with Crippen molar-refractivity contribution in [2.75, 3.05) is 39.0 Å². The van der Waals surface area contributed by atoms with Crippen molar-refractivity contribution >= 4 is 21.6 Å². The molecule has 1 unspecified atom stereocenters. The highest BCUT2D eigenvalue weighted by atomic mass is 32.2. The average Bonchev–Trinajstić information content (AvgIpc) is 2.79. The monoisotopic (exact) mass is 428 g/mol. The van der Waals surface area contributed by atoms with Crippen LogP contribution in [0.25, 0.3) is 11.1 Å². The summed E-state index contributed by atoms with van der Waals surface area (Å²) in [6, 6.07) is 14.9. The average molecular weight is 429 g/mol. The van der Waals surface area contributed by atoms with Crippen LogP contribution in [0.15, 0.2) is 65.7 Å². The molecule has 2 aromatic carbocycles. The molecule has 30 heavy (non-hydrogen) atoms. The molecular weight excluding hydrogens is 400 g/mol. The number of hydrogen-bond donors (Lipinski definition) is 3. The molecule has 1 aliphatic heterocycles. The molecule has 0 saturated carbocycles. The van der Waals surface area contributed by atoms with E-state index in [1.54, 1.807) is 25.3 Å². The number of hydrogen-bond acceptors (Lipinski definition) is 5. The minimum atomic E-state index is -3.64. The number of carbonyl (C=O) groups excluding carboxylic acids is 1. The summed E-state index contributed by atoms with van der Waals surface area (Å²) < 4.78 is 27.1. The van der Waals surface area contributed by atoms with Gasteiger partial charge in [0.15, 0.2) is 0 Å². The van der Waals surface area contributed by atoms with E-state index in [0.29, 0.717) is 6.42 Å². The third kappa shape index (κ3) is 5.01. The van der Waals surface area contributed by atoms with Crippen LogP contribution in [0.3, 0.4) is 0 Å². The van der Waals surface area contributed by atoms with Crippen LogP contribution in [-0.4, -0.2) is 52.4 Å². The minimum absolute atomic E-state index is 0.101. The lowest BCUT2D eigenvalue weighted by Gasteiger charge is -2.26. The maximum atomic E-state index is 12.9. The SMILES string of the molecule is CNCCNc1ccc(-c2ccc(S(=O)(=O)N3C=CC(C(=O)NC)CC3)cc2)cc1. The number of anilines is 1. The lowest BCUT2D eigenvalue weighted by Crippen LogP contribution is -2.35. The summed E-state index contributed by atoms with van der Waals surface area (Å²) in [7, 11) is -0.145. The van der Waals surface area contributed by atoms with Crippen LogP contribution < -0.4 is 16.0 Å². The van der Waals surface area contributed by atoms with Crippen molar-refractivity contribution in [3.8, 4) is 11.1 Å².